The zero-order valence-electron chi connectivity index (χ0n) is 10.4. The van der Waals surface area contributed by atoms with Crippen molar-refractivity contribution in [3.05, 3.63) is 23.5 Å². The van der Waals surface area contributed by atoms with Gasteiger partial charge in [-0.1, -0.05) is 25.3 Å². The van der Waals surface area contributed by atoms with Crippen LogP contribution in [0.4, 0.5) is 0 Å². The Balaban J connectivity index is 1.73. The molecule has 0 aromatic rings. The van der Waals surface area contributed by atoms with Crippen LogP contribution in [0.1, 0.15) is 32.1 Å². The summed E-state index contributed by atoms with van der Waals surface area (Å²) in [5.74, 6) is 1.14. The van der Waals surface area contributed by atoms with Crippen LogP contribution in [0, 0.1) is 5.92 Å². The second kappa shape index (κ2) is 4.84. The Morgan fingerprint density at radius 1 is 1.28 bits per heavy atom. The number of nitrogens with two attached hydrogens (primary N) is 1. The Hall–Kier alpha value is -1.78. The van der Waals surface area contributed by atoms with Gasteiger partial charge >= 0.3 is 0 Å². The third kappa shape index (κ3) is 2.25. The summed E-state index contributed by atoms with van der Waals surface area (Å²) >= 11 is 0. The Morgan fingerprint density at radius 2 is 2.11 bits per heavy atom. The van der Waals surface area contributed by atoms with Gasteiger partial charge in [-0.25, -0.2) is 9.98 Å². The van der Waals surface area contributed by atoms with E-state index in [0.29, 0.717) is 11.9 Å². The second-order valence-corrected chi connectivity index (χ2v) is 5.02. The van der Waals surface area contributed by atoms with E-state index in [9.17, 15) is 0 Å². The first-order valence-electron chi connectivity index (χ1n) is 6.64. The number of hydrogen-bond donors (Lipinski definition) is 3. The summed E-state index contributed by atoms with van der Waals surface area (Å²) in [4.78, 5) is 8.44. The molecule has 5 heteroatoms. The molecule has 1 saturated carbocycles. The highest BCUT2D eigenvalue weighted by molar-refractivity contribution is 5.83. The van der Waals surface area contributed by atoms with Crippen LogP contribution in [-0.2, 0) is 0 Å². The number of nitrogens with zero attached hydrogens (tertiary/aromatic N) is 2. The van der Waals surface area contributed by atoms with Crippen molar-refractivity contribution in [2.45, 2.75) is 38.3 Å². The highest BCUT2D eigenvalue weighted by atomic mass is 15.3. The van der Waals surface area contributed by atoms with Crippen molar-refractivity contribution in [3.8, 4) is 0 Å². The van der Waals surface area contributed by atoms with Crippen LogP contribution in [0.2, 0.25) is 0 Å². The Kier molecular flexibility index (Phi) is 3.04. The summed E-state index contributed by atoms with van der Waals surface area (Å²) in [6.07, 6.45) is 12.6. The van der Waals surface area contributed by atoms with Gasteiger partial charge in [0, 0.05) is 0 Å². The van der Waals surface area contributed by atoms with Gasteiger partial charge in [-0.15, -0.1) is 0 Å². The van der Waals surface area contributed by atoms with Crippen LogP contribution in [0.15, 0.2) is 33.5 Å². The van der Waals surface area contributed by atoms with Gasteiger partial charge in [-0.05, 0) is 24.8 Å². The van der Waals surface area contributed by atoms with Crippen molar-refractivity contribution in [3.63, 3.8) is 0 Å². The summed E-state index contributed by atoms with van der Waals surface area (Å²) in [6.45, 7) is 0. The molecule has 0 aromatic carbocycles. The fourth-order valence-electron chi connectivity index (χ4n) is 2.70. The lowest BCUT2D eigenvalue weighted by Gasteiger charge is -2.21. The van der Waals surface area contributed by atoms with Crippen LogP contribution in [0.5, 0.6) is 0 Å². The zero-order valence-corrected chi connectivity index (χ0v) is 10.4. The Bertz CT molecular complexity index is 440. The van der Waals surface area contributed by atoms with Crippen LogP contribution in [-0.4, -0.2) is 18.5 Å². The van der Waals surface area contributed by atoms with Gasteiger partial charge in [-0.3, -0.25) is 0 Å². The van der Waals surface area contributed by atoms with Gasteiger partial charge in [0.25, 0.3) is 0 Å². The van der Waals surface area contributed by atoms with Crippen molar-refractivity contribution >= 4 is 12.3 Å². The van der Waals surface area contributed by atoms with E-state index in [-0.39, 0.29) is 6.17 Å². The first-order valence-corrected chi connectivity index (χ1v) is 6.64. The lowest BCUT2D eigenvalue weighted by molar-refractivity contribution is 0.419. The summed E-state index contributed by atoms with van der Waals surface area (Å²) in [5, 5.41) is 6.23. The van der Waals surface area contributed by atoms with Gasteiger partial charge in [-0.2, -0.15) is 0 Å². The fourth-order valence-corrected chi connectivity index (χ4v) is 2.70. The van der Waals surface area contributed by atoms with Crippen LogP contribution in [0.25, 0.3) is 0 Å². The van der Waals surface area contributed by atoms with E-state index >= 15 is 0 Å². The van der Waals surface area contributed by atoms with E-state index in [0.717, 1.165) is 11.4 Å². The van der Waals surface area contributed by atoms with E-state index in [1.807, 2.05) is 0 Å². The number of rotatable bonds is 2. The summed E-state index contributed by atoms with van der Waals surface area (Å²) in [5.41, 5.74) is 7.75. The SMILES string of the molecule is NC1=NC2N=CNC2=C(/C=C/C2CCCCC2)N1. The van der Waals surface area contributed by atoms with E-state index < -0.39 is 0 Å². The maximum absolute atomic E-state index is 5.76. The number of allylic oxidation sites excluding steroid dienone is 2. The molecule has 0 amide bonds. The Morgan fingerprint density at radius 3 is 2.94 bits per heavy atom. The first kappa shape index (κ1) is 11.3. The fraction of sp³-hybridized carbons (Fsp3) is 0.538. The normalized spacial score (nSPS) is 28.0. The van der Waals surface area contributed by atoms with Crippen molar-refractivity contribution in [2.75, 3.05) is 0 Å². The maximum Gasteiger partial charge on any atom is 0.195 e. The molecule has 0 aromatic heterocycles. The minimum Gasteiger partial charge on any atom is -0.370 e. The maximum atomic E-state index is 5.76. The quantitative estimate of drug-likeness (QED) is 0.684. The van der Waals surface area contributed by atoms with E-state index in [4.69, 9.17) is 5.73 Å². The first-order chi connectivity index (χ1) is 8.83. The standard InChI is InChI=1S/C13H19N5/c14-13-17-10(11-12(18-13)16-8-15-11)7-6-9-4-2-1-3-5-9/h6-9,12H,1-5H2,(H,15,16)(H3,14,17,18)/b7-6+. The van der Waals surface area contributed by atoms with Crippen LogP contribution >= 0.6 is 0 Å². The summed E-state index contributed by atoms with van der Waals surface area (Å²) < 4.78 is 0. The van der Waals surface area contributed by atoms with Crippen LogP contribution in [0.3, 0.4) is 0 Å². The number of nitrogens with one attached hydrogen (secondary N) is 2. The van der Waals surface area contributed by atoms with Crippen LogP contribution < -0.4 is 16.4 Å². The van der Waals surface area contributed by atoms with E-state index in [1.165, 1.54) is 32.1 Å². The molecular weight excluding hydrogens is 226 g/mol. The van der Waals surface area contributed by atoms with Gasteiger partial charge in [0.05, 0.1) is 17.7 Å². The van der Waals surface area contributed by atoms with Gasteiger partial charge < -0.3 is 16.4 Å². The lowest BCUT2D eigenvalue weighted by Crippen LogP contribution is -2.38. The number of aliphatic imine (C=N–C) groups is 2. The molecule has 18 heavy (non-hydrogen) atoms. The predicted molar refractivity (Wildman–Crippen MR) is 72.9 cm³/mol. The number of hydrogen-bond acceptors (Lipinski definition) is 5. The van der Waals surface area contributed by atoms with Gasteiger partial charge in [0.1, 0.15) is 0 Å². The smallest absolute Gasteiger partial charge is 0.195 e. The van der Waals surface area contributed by atoms with Crippen molar-refractivity contribution < 1.29 is 0 Å². The molecule has 0 radical (unpaired) electrons. The molecule has 2 aliphatic heterocycles. The topological polar surface area (TPSA) is 74.8 Å². The monoisotopic (exact) mass is 245 g/mol. The molecule has 0 bridgehead atoms. The number of guanidine groups is 1. The third-order valence-corrected chi connectivity index (χ3v) is 3.69. The average molecular weight is 245 g/mol. The molecule has 0 saturated heterocycles. The minimum atomic E-state index is -0.183. The Labute approximate surface area is 107 Å². The molecule has 3 rings (SSSR count). The zero-order chi connectivity index (χ0) is 12.4. The summed E-state index contributed by atoms with van der Waals surface area (Å²) in [6, 6.07) is 0. The molecule has 1 fully saturated rings. The average Bonchev–Trinajstić information content (AvgIpc) is 2.85. The van der Waals surface area contributed by atoms with E-state index in [1.54, 1.807) is 6.34 Å². The molecule has 4 N–H and O–H groups in total. The molecule has 1 atom stereocenters. The molecule has 1 unspecified atom stereocenters. The molecule has 0 spiro atoms. The van der Waals surface area contributed by atoms with Crippen molar-refractivity contribution in [1.82, 2.24) is 10.6 Å². The van der Waals surface area contributed by atoms with Gasteiger partial charge in [0.15, 0.2) is 12.1 Å². The van der Waals surface area contributed by atoms with Crippen molar-refractivity contribution in [2.24, 2.45) is 21.6 Å². The highest BCUT2D eigenvalue weighted by Gasteiger charge is 2.24. The van der Waals surface area contributed by atoms with Gasteiger partial charge in [0.2, 0.25) is 0 Å². The molecule has 1 aliphatic carbocycles. The summed E-state index contributed by atoms with van der Waals surface area (Å²) in [7, 11) is 0. The second-order valence-electron chi connectivity index (χ2n) is 5.02. The lowest BCUT2D eigenvalue weighted by atomic mass is 9.89. The molecule has 96 valence electrons. The molecular formula is C13H19N5. The number of fused-ring (bicyclic) bond motifs is 1. The molecule has 5 nitrogen and oxygen atoms in total. The highest BCUT2D eigenvalue weighted by Crippen LogP contribution is 2.25. The largest absolute Gasteiger partial charge is 0.370 e. The van der Waals surface area contributed by atoms with Crippen molar-refractivity contribution in [1.29, 1.82) is 0 Å². The third-order valence-electron chi connectivity index (χ3n) is 3.69. The molecule has 2 heterocycles. The van der Waals surface area contributed by atoms with E-state index in [2.05, 4.69) is 32.8 Å². The minimum absolute atomic E-state index is 0.183. The predicted octanol–water partition coefficient (Wildman–Crippen LogP) is 1.21. The molecule has 3 aliphatic rings.